The molecule has 0 aliphatic carbocycles. The highest BCUT2D eigenvalue weighted by atomic mass is 35.5. The van der Waals surface area contributed by atoms with E-state index in [1.807, 2.05) is 0 Å². The molecule has 2 nitrogen and oxygen atoms in total. The van der Waals surface area contributed by atoms with Crippen LogP contribution in [0.25, 0.3) is 0 Å². The Bertz CT molecular complexity index is 144. The van der Waals surface area contributed by atoms with Crippen LogP contribution in [0.2, 0.25) is 0 Å². The highest BCUT2D eigenvalue weighted by molar-refractivity contribution is 5.85. The van der Waals surface area contributed by atoms with Gasteiger partial charge in [-0.2, -0.15) is 4.39 Å². The van der Waals surface area contributed by atoms with Crippen molar-refractivity contribution in [2.24, 2.45) is 0 Å². The molecule has 0 aromatic carbocycles. The molecule has 4 heteroatoms. The van der Waals surface area contributed by atoms with Crippen LogP contribution in [-0.4, -0.2) is 9.97 Å². The van der Waals surface area contributed by atoms with E-state index in [4.69, 9.17) is 0 Å². The first-order chi connectivity index (χ1) is 3.39. The minimum absolute atomic E-state index is 0. The normalized spacial score (nSPS) is 7.62. The van der Waals surface area contributed by atoms with Gasteiger partial charge < -0.3 is 0 Å². The first kappa shape index (κ1) is 7.30. The zero-order valence-corrected chi connectivity index (χ0v) is 4.73. The molecule has 0 amide bonds. The summed E-state index contributed by atoms with van der Waals surface area (Å²) in [4.78, 5) is 6.70. The van der Waals surface area contributed by atoms with Crippen LogP contribution in [0.5, 0.6) is 0 Å². The van der Waals surface area contributed by atoms with Gasteiger partial charge in [-0.25, -0.2) is 9.97 Å². The minimum Gasteiger partial charge on any atom is -0.245 e. The molecular weight excluding hydrogens is 131 g/mol. The van der Waals surface area contributed by atoms with Gasteiger partial charge in [0.15, 0.2) is 0 Å². The largest absolute Gasteiger partial charge is 0.245 e. The van der Waals surface area contributed by atoms with Crippen LogP contribution in [0.4, 0.5) is 4.39 Å². The van der Waals surface area contributed by atoms with Crippen molar-refractivity contribution in [3.05, 3.63) is 24.5 Å². The van der Waals surface area contributed by atoms with E-state index in [0.29, 0.717) is 0 Å². The van der Waals surface area contributed by atoms with Crippen LogP contribution in [0.15, 0.2) is 18.6 Å². The van der Waals surface area contributed by atoms with Crippen molar-refractivity contribution >= 4 is 12.4 Å². The molecule has 0 spiro atoms. The second-order valence-corrected chi connectivity index (χ2v) is 1.03. The van der Waals surface area contributed by atoms with Gasteiger partial charge in [-0.05, 0) is 0 Å². The van der Waals surface area contributed by atoms with Gasteiger partial charge in [0.2, 0.25) is 5.95 Å². The molecule has 1 heterocycles. The predicted octanol–water partition coefficient (Wildman–Crippen LogP) is 1.04. The summed E-state index contributed by atoms with van der Waals surface area (Å²) < 4.78 is 11.8. The molecule has 0 saturated heterocycles. The molecule has 0 unspecified atom stereocenters. The average molecular weight is 135 g/mol. The highest BCUT2D eigenvalue weighted by Crippen LogP contribution is 1.82. The maximum atomic E-state index is 11.8. The van der Waals surface area contributed by atoms with Crippen molar-refractivity contribution in [1.82, 2.24) is 9.97 Å². The topological polar surface area (TPSA) is 25.8 Å². The Kier molecular flexibility index (Phi) is 3.03. The number of aromatic nitrogens is 2. The standard InChI is InChI=1S/C4H3FN2.ClH/c5-4-1-2-6-3-7-4;/h1-3H;1H. The summed E-state index contributed by atoms with van der Waals surface area (Å²) in [6, 6.07) is 1.19. The van der Waals surface area contributed by atoms with Crippen LogP contribution >= 0.6 is 12.4 Å². The Morgan fingerprint density at radius 2 is 2.25 bits per heavy atom. The summed E-state index contributed by atoms with van der Waals surface area (Å²) in [6.07, 6.45) is 2.51. The maximum Gasteiger partial charge on any atom is 0.215 e. The maximum absolute atomic E-state index is 11.8. The van der Waals surface area contributed by atoms with Gasteiger partial charge in [0.05, 0.1) is 0 Å². The summed E-state index contributed by atoms with van der Waals surface area (Å²) in [6.45, 7) is 0. The van der Waals surface area contributed by atoms with Gasteiger partial charge in [0.25, 0.3) is 0 Å². The summed E-state index contributed by atoms with van der Waals surface area (Å²) in [5.74, 6) is -0.491. The highest BCUT2D eigenvalue weighted by Gasteiger charge is 1.79. The quantitative estimate of drug-likeness (QED) is 0.496. The predicted molar refractivity (Wildman–Crippen MR) is 29.2 cm³/mol. The van der Waals surface area contributed by atoms with Crippen molar-refractivity contribution < 1.29 is 4.39 Å². The summed E-state index contributed by atoms with van der Waals surface area (Å²) in [5.41, 5.74) is 0. The van der Waals surface area contributed by atoms with Crippen LogP contribution < -0.4 is 0 Å². The van der Waals surface area contributed by atoms with Crippen LogP contribution in [-0.2, 0) is 0 Å². The molecule has 0 radical (unpaired) electrons. The second-order valence-electron chi connectivity index (χ2n) is 1.03. The molecule has 0 aliphatic rings. The fourth-order valence-corrected chi connectivity index (χ4v) is 0.275. The van der Waals surface area contributed by atoms with E-state index < -0.39 is 5.95 Å². The van der Waals surface area contributed by atoms with Crippen LogP contribution in [0, 0.1) is 5.95 Å². The molecule has 44 valence electrons. The van der Waals surface area contributed by atoms with Crippen molar-refractivity contribution in [2.45, 2.75) is 0 Å². The van der Waals surface area contributed by atoms with E-state index in [0.717, 1.165) is 6.33 Å². The van der Waals surface area contributed by atoms with Crippen molar-refractivity contribution in [3.63, 3.8) is 0 Å². The number of rotatable bonds is 0. The van der Waals surface area contributed by atoms with Gasteiger partial charge in [-0.3, -0.25) is 0 Å². The second kappa shape index (κ2) is 3.32. The molecule has 1 aromatic rings. The number of hydrogen-bond acceptors (Lipinski definition) is 2. The molecule has 0 bridgehead atoms. The summed E-state index contributed by atoms with van der Waals surface area (Å²) in [5, 5.41) is 0. The number of nitrogens with zero attached hydrogens (tertiary/aromatic N) is 2. The van der Waals surface area contributed by atoms with Crippen LogP contribution in [0.3, 0.4) is 0 Å². The third-order valence-corrected chi connectivity index (χ3v) is 0.546. The molecule has 1 rings (SSSR count). The zero-order valence-electron chi connectivity index (χ0n) is 3.91. The third kappa shape index (κ3) is 1.84. The smallest absolute Gasteiger partial charge is 0.215 e. The van der Waals surface area contributed by atoms with E-state index in [2.05, 4.69) is 9.97 Å². The lowest BCUT2D eigenvalue weighted by Gasteiger charge is -1.77. The number of halogens is 2. The molecule has 0 N–H and O–H groups in total. The molecule has 1 aromatic heterocycles. The van der Waals surface area contributed by atoms with Crippen molar-refractivity contribution in [2.75, 3.05) is 0 Å². The molecule has 8 heavy (non-hydrogen) atoms. The Labute approximate surface area is 52.2 Å². The molecular formula is C4H4ClFN2. The fourth-order valence-electron chi connectivity index (χ4n) is 0.275. The lowest BCUT2D eigenvalue weighted by molar-refractivity contribution is 0.579. The van der Waals surface area contributed by atoms with E-state index in [1.54, 1.807) is 0 Å². The Balaban J connectivity index is 0.000000490. The lowest BCUT2D eigenvalue weighted by atomic mass is 10.7. The van der Waals surface area contributed by atoms with E-state index in [1.165, 1.54) is 12.3 Å². The van der Waals surface area contributed by atoms with Crippen LogP contribution in [0.1, 0.15) is 0 Å². The molecule has 0 saturated carbocycles. The van der Waals surface area contributed by atoms with Gasteiger partial charge >= 0.3 is 0 Å². The van der Waals surface area contributed by atoms with Gasteiger partial charge in [-0.15, -0.1) is 12.4 Å². The molecule has 0 atom stereocenters. The van der Waals surface area contributed by atoms with E-state index >= 15 is 0 Å². The fraction of sp³-hybridized carbons (Fsp3) is 0. The Morgan fingerprint density at radius 1 is 1.50 bits per heavy atom. The average Bonchev–Trinajstić information content (AvgIpc) is 1.69. The monoisotopic (exact) mass is 134 g/mol. The zero-order chi connectivity index (χ0) is 5.11. The van der Waals surface area contributed by atoms with Gasteiger partial charge in [-0.1, -0.05) is 0 Å². The van der Waals surface area contributed by atoms with Crippen molar-refractivity contribution in [1.29, 1.82) is 0 Å². The Hall–Kier alpha value is -0.700. The lowest BCUT2D eigenvalue weighted by Crippen LogP contribution is -1.78. The van der Waals surface area contributed by atoms with Gasteiger partial charge in [0.1, 0.15) is 6.33 Å². The first-order valence-electron chi connectivity index (χ1n) is 1.81. The van der Waals surface area contributed by atoms with E-state index in [-0.39, 0.29) is 12.4 Å². The minimum atomic E-state index is -0.491. The third-order valence-electron chi connectivity index (χ3n) is 0.546. The van der Waals surface area contributed by atoms with Gasteiger partial charge in [0, 0.05) is 12.3 Å². The SMILES string of the molecule is Cl.Fc1ccncn1. The number of hydrogen-bond donors (Lipinski definition) is 0. The summed E-state index contributed by atoms with van der Waals surface area (Å²) >= 11 is 0. The molecule has 0 aliphatic heterocycles. The van der Waals surface area contributed by atoms with Crippen molar-refractivity contribution in [3.8, 4) is 0 Å². The Morgan fingerprint density at radius 3 is 2.50 bits per heavy atom. The van der Waals surface area contributed by atoms with E-state index in [9.17, 15) is 4.39 Å². The summed E-state index contributed by atoms with van der Waals surface area (Å²) in [7, 11) is 0. The molecule has 0 fully saturated rings. The first-order valence-corrected chi connectivity index (χ1v) is 1.81.